The highest BCUT2D eigenvalue weighted by Crippen LogP contribution is 2.31. The number of nitrogens with one attached hydrogen (secondary N) is 2. The standard InChI is InChI=1S/C12H8N4S/c1-2-9(13-5-1)11-7-3-4-10-12(16-17-15-10)8(7)6-14-11/h1-6,13,15H. The van der Waals surface area contributed by atoms with E-state index >= 15 is 0 Å². The minimum Gasteiger partial charge on any atom is -0.360 e. The number of nitrogens with zero attached hydrogens (tertiary/aromatic N) is 2. The zero-order chi connectivity index (χ0) is 11.2. The Morgan fingerprint density at radius 1 is 1.12 bits per heavy atom. The molecule has 4 rings (SSSR count). The maximum Gasteiger partial charge on any atom is 0.111 e. The fourth-order valence-electron chi connectivity index (χ4n) is 2.13. The van der Waals surface area contributed by atoms with E-state index in [4.69, 9.17) is 0 Å². The number of aromatic amines is 2. The molecule has 0 amide bonds. The van der Waals surface area contributed by atoms with Gasteiger partial charge in [0.15, 0.2) is 0 Å². The number of benzene rings is 1. The van der Waals surface area contributed by atoms with E-state index in [-0.39, 0.29) is 0 Å². The Balaban J connectivity index is 2.13. The average molecular weight is 240 g/mol. The van der Waals surface area contributed by atoms with Crippen LogP contribution in [0.2, 0.25) is 0 Å². The van der Waals surface area contributed by atoms with Gasteiger partial charge in [-0.05, 0) is 24.3 Å². The Kier molecular flexibility index (Phi) is 1.67. The zero-order valence-electron chi connectivity index (χ0n) is 8.77. The number of rotatable bonds is 1. The highest BCUT2D eigenvalue weighted by atomic mass is 32.1. The lowest BCUT2D eigenvalue weighted by atomic mass is 10.1. The Morgan fingerprint density at radius 3 is 3.00 bits per heavy atom. The number of fused-ring (bicyclic) bond motifs is 3. The van der Waals surface area contributed by atoms with Crippen molar-refractivity contribution in [1.29, 1.82) is 0 Å². The molecule has 0 aliphatic rings. The first-order chi connectivity index (χ1) is 8.43. The largest absolute Gasteiger partial charge is 0.360 e. The van der Waals surface area contributed by atoms with Crippen molar-refractivity contribution in [2.24, 2.45) is 0 Å². The third kappa shape index (κ3) is 1.17. The van der Waals surface area contributed by atoms with E-state index in [1.54, 1.807) is 0 Å². The number of aromatic nitrogens is 4. The topological polar surface area (TPSA) is 57.4 Å². The molecule has 0 aliphatic carbocycles. The summed E-state index contributed by atoms with van der Waals surface area (Å²) in [6.45, 7) is 0. The van der Waals surface area contributed by atoms with E-state index in [9.17, 15) is 0 Å². The summed E-state index contributed by atoms with van der Waals surface area (Å²) in [4.78, 5) is 7.67. The summed E-state index contributed by atoms with van der Waals surface area (Å²) in [5.74, 6) is 0. The van der Waals surface area contributed by atoms with Crippen LogP contribution in [-0.2, 0) is 0 Å². The van der Waals surface area contributed by atoms with Crippen molar-refractivity contribution in [3.63, 3.8) is 0 Å². The van der Waals surface area contributed by atoms with Crippen molar-refractivity contribution in [3.05, 3.63) is 36.7 Å². The third-order valence-electron chi connectivity index (χ3n) is 2.94. The molecule has 0 aliphatic heterocycles. The fraction of sp³-hybridized carbons (Fsp3) is 0. The van der Waals surface area contributed by atoms with Gasteiger partial charge in [0.2, 0.25) is 0 Å². The first kappa shape index (κ1) is 8.95. The third-order valence-corrected chi connectivity index (χ3v) is 3.53. The molecule has 1 aromatic carbocycles. The molecule has 3 heterocycles. The predicted octanol–water partition coefficient (Wildman–Crippen LogP) is 3.17. The summed E-state index contributed by atoms with van der Waals surface area (Å²) in [6, 6.07) is 8.14. The molecule has 0 saturated carbocycles. The minimum absolute atomic E-state index is 0.986. The molecule has 0 spiro atoms. The summed E-state index contributed by atoms with van der Waals surface area (Å²) >= 11 is 1.36. The van der Waals surface area contributed by atoms with E-state index in [1.165, 1.54) is 11.7 Å². The minimum atomic E-state index is 0.986. The van der Waals surface area contributed by atoms with E-state index in [0.29, 0.717) is 0 Å². The number of hydrogen-bond acceptors (Lipinski definition) is 3. The van der Waals surface area contributed by atoms with Gasteiger partial charge >= 0.3 is 0 Å². The smallest absolute Gasteiger partial charge is 0.111 e. The van der Waals surface area contributed by atoms with Crippen LogP contribution in [0.25, 0.3) is 33.2 Å². The van der Waals surface area contributed by atoms with Gasteiger partial charge in [0, 0.05) is 34.9 Å². The SMILES string of the molecule is c1c[nH]c(-c2ncc3c2ccc2[nH]snc23)c1. The lowest BCUT2D eigenvalue weighted by Crippen LogP contribution is -1.77. The number of hydrogen-bond donors (Lipinski definition) is 2. The Morgan fingerprint density at radius 2 is 2.12 bits per heavy atom. The second-order valence-electron chi connectivity index (χ2n) is 3.90. The van der Waals surface area contributed by atoms with Crippen molar-refractivity contribution in [3.8, 4) is 11.4 Å². The van der Waals surface area contributed by atoms with Crippen LogP contribution in [0.5, 0.6) is 0 Å². The summed E-state index contributed by atoms with van der Waals surface area (Å²) in [6.07, 6.45) is 3.80. The molecule has 17 heavy (non-hydrogen) atoms. The van der Waals surface area contributed by atoms with Crippen LogP contribution in [-0.4, -0.2) is 18.7 Å². The van der Waals surface area contributed by atoms with Crippen molar-refractivity contribution in [2.75, 3.05) is 0 Å². The second kappa shape index (κ2) is 3.18. The first-order valence-corrected chi connectivity index (χ1v) is 6.06. The van der Waals surface area contributed by atoms with Crippen LogP contribution in [0.1, 0.15) is 0 Å². The van der Waals surface area contributed by atoms with Gasteiger partial charge in [-0.25, -0.2) is 0 Å². The second-order valence-corrected chi connectivity index (χ2v) is 4.47. The maximum absolute atomic E-state index is 4.49. The van der Waals surface area contributed by atoms with Crippen LogP contribution in [0.4, 0.5) is 0 Å². The molecule has 5 heteroatoms. The predicted molar refractivity (Wildman–Crippen MR) is 69.1 cm³/mol. The van der Waals surface area contributed by atoms with Crippen molar-refractivity contribution in [2.45, 2.75) is 0 Å². The zero-order valence-corrected chi connectivity index (χ0v) is 9.58. The molecular weight excluding hydrogens is 232 g/mol. The van der Waals surface area contributed by atoms with Crippen LogP contribution in [0.3, 0.4) is 0 Å². The lowest BCUT2D eigenvalue weighted by molar-refractivity contribution is 1.34. The van der Waals surface area contributed by atoms with E-state index in [1.807, 2.05) is 24.5 Å². The molecule has 0 bridgehead atoms. The molecule has 0 atom stereocenters. The molecule has 0 unspecified atom stereocenters. The monoisotopic (exact) mass is 240 g/mol. The lowest BCUT2D eigenvalue weighted by Gasteiger charge is -1.95. The van der Waals surface area contributed by atoms with Gasteiger partial charge < -0.3 is 4.98 Å². The molecule has 4 nitrogen and oxygen atoms in total. The summed E-state index contributed by atoms with van der Waals surface area (Å²) in [7, 11) is 0. The first-order valence-electron chi connectivity index (χ1n) is 5.29. The van der Waals surface area contributed by atoms with Crippen molar-refractivity contribution >= 4 is 33.5 Å². The van der Waals surface area contributed by atoms with Crippen molar-refractivity contribution in [1.82, 2.24) is 18.7 Å². The molecule has 0 radical (unpaired) electrons. The highest BCUT2D eigenvalue weighted by Gasteiger charge is 2.11. The highest BCUT2D eigenvalue weighted by molar-refractivity contribution is 7.00. The molecular formula is C12H8N4S. The Hall–Kier alpha value is -2.14. The van der Waals surface area contributed by atoms with E-state index in [0.717, 1.165) is 33.2 Å². The van der Waals surface area contributed by atoms with Crippen LogP contribution in [0.15, 0.2) is 36.7 Å². The molecule has 0 saturated heterocycles. The van der Waals surface area contributed by atoms with Gasteiger partial charge in [-0.2, -0.15) is 4.37 Å². The normalized spacial score (nSPS) is 11.5. The maximum atomic E-state index is 4.49. The molecule has 2 N–H and O–H groups in total. The Labute approximate surface area is 101 Å². The summed E-state index contributed by atoms with van der Waals surface area (Å²) < 4.78 is 7.53. The van der Waals surface area contributed by atoms with Gasteiger partial charge in [-0.3, -0.25) is 9.36 Å². The molecule has 4 aromatic rings. The number of H-pyrrole nitrogens is 2. The quantitative estimate of drug-likeness (QED) is 0.537. The van der Waals surface area contributed by atoms with Crippen LogP contribution >= 0.6 is 11.7 Å². The van der Waals surface area contributed by atoms with Gasteiger partial charge in [-0.1, -0.05) is 0 Å². The van der Waals surface area contributed by atoms with Crippen LogP contribution in [0, 0.1) is 0 Å². The summed E-state index contributed by atoms with van der Waals surface area (Å²) in [5.41, 5.74) is 4.09. The molecule has 0 fully saturated rings. The molecule has 3 aromatic heterocycles. The molecule has 82 valence electrons. The Bertz CT molecular complexity index is 794. The van der Waals surface area contributed by atoms with Gasteiger partial charge in [0.25, 0.3) is 0 Å². The van der Waals surface area contributed by atoms with Gasteiger partial charge in [0.1, 0.15) is 5.52 Å². The van der Waals surface area contributed by atoms with Gasteiger partial charge in [0.05, 0.1) is 16.9 Å². The van der Waals surface area contributed by atoms with E-state index in [2.05, 4.69) is 30.8 Å². The van der Waals surface area contributed by atoms with Crippen LogP contribution < -0.4 is 0 Å². The fourth-order valence-corrected chi connectivity index (χ4v) is 2.73. The summed E-state index contributed by atoms with van der Waals surface area (Å²) in [5, 5.41) is 2.24. The van der Waals surface area contributed by atoms with E-state index < -0.39 is 0 Å². The van der Waals surface area contributed by atoms with Gasteiger partial charge in [-0.15, -0.1) is 0 Å². The van der Waals surface area contributed by atoms with Crippen molar-refractivity contribution < 1.29 is 0 Å². The average Bonchev–Trinajstić information content (AvgIpc) is 3.08.